The van der Waals surface area contributed by atoms with Crippen LogP contribution < -0.4 is 11.1 Å². The molecule has 0 saturated heterocycles. The lowest BCUT2D eigenvalue weighted by Crippen LogP contribution is -2.28. The van der Waals surface area contributed by atoms with E-state index in [1.807, 2.05) is 0 Å². The van der Waals surface area contributed by atoms with E-state index in [1.165, 1.54) is 0 Å². The van der Waals surface area contributed by atoms with Crippen molar-refractivity contribution >= 4 is 17.3 Å². The standard InChI is InChI=1S/C11H12F2N2O/c12-7-4-8(13)10(5-9(7)14)15-11(16)6-2-1-3-6/h4-6H,1-3,14H2,(H,15,16). The van der Waals surface area contributed by atoms with Crippen LogP contribution in [0.15, 0.2) is 12.1 Å². The van der Waals surface area contributed by atoms with Crippen LogP contribution in [-0.4, -0.2) is 5.91 Å². The van der Waals surface area contributed by atoms with Crippen molar-refractivity contribution in [3.8, 4) is 0 Å². The van der Waals surface area contributed by atoms with Crippen LogP contribution in [0, 0.1) is 17.6 Å². The minimum atomic E-state index is -0.820. The Hall–Kier alpha value is -1.65. The predicted molar refractivity (Wildman–Crippen MR) is 56.7 cm³/mol. The van der Waals surface area contributed by atoms with E-state index in [9.17, 15) is 13.6 Å². The fourth-order valence-electron chi connectivity index (χ4n) is 1.57. The fourth-order valence-corrected chi connectivity index (χ4v) is 1.57. The van der Waals surface area contributed by atoms with Crippen LogP contribution in [0.25, 0.3) is 0 Å². The van der Waals surface area contributed by atoms with Crippen molar-refractivity contribution in [2.45, 2.75) is 19.3 Å². The summed E-state index contributed by atoms with van der Waals surface area (Å²) in [5.74, 6) is -1.90. The van der Waals surface area contributed by atoms with E-state index in [4.69, 9.17) is 5.73 Å². The average molecular weight is 226 g/mol. The topological polar surface area (TPSA) is 55.1 Å². The Balaban J connectivity index is 2.14. The number of carbonyl (C=O) groups is 1. The number of amides is 1. The second-order valence-electron chi connectivity index (χ2n) is 3.97. The molecule has 1 aliphatic carbocycles. The highest BCUT2D eigenvalue weighted by molar-refractivity contribution is 5.93. The van der Waals surface area contributed by atoms with E-state index < -0.39 is 11.6 Å². The maximum Gasteiger partial charge on any atom is 0.227 e. The van der Waals surface area contributed by atoms with Crippen molar-refractivity contribution in [3.05, 3.63) is 23.8 Å². The quantitative estimate of drug-likeness (QED) is 0.760. The van der Waals surface area contributed by atoms with Crippen LogP contribution >= 0.6 is 0 Å². The van der Waals surface area contributed by atoms with Gasteiger partial charge in [-0.1, -0.05) is 6.42 Å². The summed E-state index contributed by atoms with van der Waals surface area (Å²) in [7, 11) is 0. The Labute approximate surface area is 91.6 Å². The molecular weight excluding hydrogens is 214 g/mol. The van der Waals surface area contributed by atoms with Gasteiger partial charge in [0.2, 0.25) is 5.91 Å². The Morgan fingerprint density at radius 1 is 1.31 bits per heavy atom. The molecule has 3 nitrogen and oxygen atoms in total. The minimum absolute atomic E-state index is 0.0503. The van der Waals surface area contributed by atoms with Crippen molar-refractivity contribution in [1.82, 2.24) is 0 Å². The van der Waals surface area contributed by atoms with Gasteiger partial charge in [0.15, 0.2) is 0 Å². The minimum Gasteiger partial charge on any atom is -0.396 e. The van der Waals surface area contributed by atoms with E-state index in [-0.39, 0.29) is 23.2 Å². The van der Waals surface area contributed by atoms with Gasteiger partial charge in [0.05, 0.1) is 11.4 Å². The SMILES string of the molecule is Nc1cc(NC(=O)C2CCC2)c(F)cc1F. The van der Waals surface area contributed by atoms with Gasteiger partial charge in [-0.05, 0) is 18.9 Å². The molecule has 0 atom stereocenters. The molecule has 0 unspecified atom stereocenters. The lowest BCUT2D eigenvalue weighted by molar-refractivity contribution is -0.122. The number of nitrogens with one attached hydrogen (secondary N) is 1. The molecule has 1 aliphatic rings. The molecular formula is C11H12F2N2O. The van der Waals surface area contributed by atoms with Crippen LogP contribution in [0.5, 0.6) is 0 Å². The monoisotopic (exact) mass is 226 g/mol. The smallest absolute Gasteiger partial charge is 0.227 e. The zero-order chi connectivity index (χ0) is 11.7. The molecule has 0 aliphatic heterocycles. The summed E-state index contributed by atoms with van der Waals surface area (Å²) in [6.07, 6.45) is 2.67. The summed E-state index contributed by atoms with van der Waals surface area (Å²) in [6, 6.07) is 1.77. The van der Waals surface area contributed by atoms with E-state index in [0.717, 1.165) is 25.3 Å². The van der Waals surface area contributed by atoms with Gasteiger partial charge in [0, 0.05) is 12.0 Å². The molecule has 5 heteroatoms. The zero-order valence-electron chi connectivity index (χ0n) is 8.59. The number of halogens is 2. The third-order valence-electron chi connectivity index (χ3n) is 2.82. The average Bonchev–Trinajstić information content (AvgIpc) is 2.11. The highest BCUT2D eigenvalue weighted by Gasteiger charge is 2.25. The Bertz CT molecular complexity index is 430. The number of nitrogen functional groups attached to an aromatic ring is 1. The van der Waals surface area contributed by atoms with Gasteiger partial charge < -0.3 is 11.1 Å². The molecule has 0 bridgehead atoms. The van der Waals surface area contributed by atoms with Gasteiger partial charge in [-0.15, -0.1) is 0 Å². The van der Waals surface area contributed by atoms with E-state index in [0.29, 0.717) is 6.07 Å². The molecule has 0 heterocycles. The number of benzene rings is 1. The summed E-state index contributed by atoms with van der Waals surface area (Å²) in [4.78, 5) is 11.5. The highest BCUT2D eigenvalue weighted by Crippen LogP contribution is 2.28. The van der Waals surface area contributed by atoms with Crippen LogP contribution in [0.2, 0.25) is 0 Å². The van der Waals surface area contributed by atoms with Crippen LogP contribution in [-0.2, 0) is 4.79 Å². The maximum atomic E-state index is 13.3. The first-order valence-corrected chi connectivity index (χ1v) is 5.13. The summed E-state index contributed by atoms with van der Waals surface area (Å²) in [5.41, 5.74) is 5.06. The zero-order valence-corrected chi connectivity index (χ0v) is 8.59. The summed E-state index contributed by atoms with van der Waals surface area (Å²) in [5, 5.41) is 2.42. The van der Waals surface area contributed by atoms with E-state index in [1.54, 1.807) is 0 Å². The first-order valence-electron chi connectivity index (χ1n) is 5.13. The molecule has 2 rings (SSSR count). The molecule has 0 aromatic heterocycles. The molecule has 1 saturated carbocycles. The summed E-state index contributed by atoms with van der Waals surface area (Å²) in [6.45, 7) is 0. The van der Waals surface area contributed by atoms with Crippen molar-refractivity contribution < 1.29 is 13.6 Å². The second kappa shape index (κ2) is 4.08. The summed E-state index contributed by atoms with van der Waals surface area (Å²) < 4.78 is 26.1. The third-order valence-corrected chi connectivity index (χ3v) is 2.82. The van der Waals surface area contributed by atoms with Crippen LogP contribution in [0.3, 0.4) is 0 Å². The Kier molecular flexibility index (Phi) is 2.77. The Morgan fingerprint density at radius 3 is 2.56 bits per heavy atom. The molecule has 1 aromatic carbocycles. The number of anilines is 2. The molecule has 0 spiro atoms. The molecule has 1 aromatic rings. The van der Waals surface area contributed by atoms with Crippen molar-refractivity contribution in [2.24, 2.45) is 5.92 Å². The lowest BCUT2D eigenvalue weighted by Gasteiger charge is -2.24. The number of nitrogens with two attached hydrogens (primary N) is 1. The van der Waals surface area contributed by atoms with Crippen molar-refractivity contribution in [3.63, 3.8) is 0 Å². The molecule has 1 fully saturated rings. The van der Waals surface area contributed by atoms with Crippen molar-refractivity contribution in [1.29, 1.82) is 0 Å². The number of carbonyl (C=O) groups excluding carboxylic acids is 1. The second-order valence-corrected chi connectivity index (χ2v) is 3.97. The van der Waals surface area contributed by atoms with E-state index >= 15 is 0 Å². The fraction of sp³-hybridized carbons (Fsp3) is 0.364. The predicted octanol–water partition coefficient (Wildman–Crippen LogP) is 2.29. The van der Waals surface area contributed by atoms with Gasteiger partial charge in [0.1, 0.15) is 11.6 Å². The van der Waals surface area contributed by atoms with Gasteiger partial charge in [0.25, 0.3) is 0 Å². The number of hydrogen-bond donors (Lipinski definition) is 2. The van der Waals surface area contributed by atoms with Gasteiger partial charge in [-0.2, -0.15) is 0 Å². The molecule has 0 radical (unpaired) electrons. The van der Waals surface area contributed by atoms with Crippen LogP contribution in [0.1, 0.15) is 19.3 Å². The van der Waals surface area contributed by atoms with Gasteiger partial charge in [-0.25, -0.2) is 8.78 Å². The molecule has 16 heavy (non-hydrogen) atoms. The number of rotatable bonds is 2. The maximum absolute atomic E-state index is 13.3. The molecule has 86 valence electrons. The molecule has 1 amide bonds. The van der Waals surface area contributed by atoms with Crippen molar-refractivity contribution in [2.75, 3.05) is 11.1 Å². The Morgan fingerprint density at radius 2 is 2.00 bits per heavy atom. The van der Waals surface area contributed by atoms with Gasteiger partial charge >= 0.3 is 0 Å². The first-order chi connectivity index (χ1) is 7.58. The summed E-state index contributed by atoms with van der Waals surface area (Å²) >= 11 is 0. The third kappa shape index (κ3) is 1.98. The van der Waals surface area contributed by atoms with Gasteiger partial charge in [-0.3, -0.25) is 4.79 Å². The van der Waals surface area contributed by atoms with Crippen LogP contribution in [0.4, 0.5) is 20.2 Å². The number of hydrogen-bond acceptors (Lipinski definition) is 2. The highest BCUT2D eigenvalue weighted by atomic mass is 19.1. The van der Waals surface area contributed by atoms with E-state index in [2.05, 4.69) is 5.32 Å². The largest absolute Gasteiger partial charge is 0.396 e. The lowest BCUT2D eigenvalue weighted by atomic mass is 9.85. The normalized spacial score (nSPS) is 15.6. The first kappa shape index (κ1) is 10.9. The molecule has 3 N–H and O–H groups in total.